The van der Waals surface area contributed by atoms with Gasteiger partial charge in [0.1, 0.15) is 0 Å². The van der Waals surface area contributed by atoms with E-state index in [1.54, 1.807) is 13.8 Å². The molecule has 1 saturated heterocycles. The molecule has 0 bridgehead atoms. The summed E-state index contributed by atoms with van der Waals surface area (Å²) in [4.78, 5) is 23.0. The maximum Gasteiger partial charge on any atom is 0.328 e. The minimum Gasteiger partial charge on any atom is -0.427 e. The molecule has 0 aliphatic carbocycles. The Bertz CT molecular complexity index is 252. The first-order valence-corrected chi connectivity index (χ1v) is 5.16. The molecule has 0 N–H and O–H groups in total. The van der Waals surface area contributed by atoms with Crippen molar-refractivity contribution in [2.24, 2.45) is 5.92 Å². The smallest absolute Gasteiger partial charge is 0.328 e. The zero-order chi connectivity index (χ0) is 12.2. The summed E-state index contributed by atoms with van der Waals surface area (Å²) in [6.07, 6.45) is 0. The fraction of sp³-hybridized carbons (Fsp3) is 0.800. The van der Waals surface area contributed by atoms with Crippen LogP contribution in [0.15, 0.2) is 0 Å². The lowest BCUT2D eigenvalue weighted by Crippen LogP contribution is -2.52. The quantitative estimate of drug-likeness (QED) is 0.389. The molecular formula is C10H16O6. The van der Waals surface area contributed by atoms with Crippen molar-refractivity contribution in [3.05, 3.63) is 0 Å². The van der Waals surface area contributed by atoms with Crippen LogP contribution in [0.1, 0.15) is 20.8 Å². The summed E-state index contributed by atoms with van der Waals surface area (Å²) in [5.74, 6) is -3.89. The lowest BCUT2D eigenvalue weighted by atomic mass is 9.99. The molecule has 0 aromatic carbocycles. The molecule has 0 spiro atoms. The van der Waals surface area contributed by atoms with Crippen molar-refractivity contribution in [1.82, 2.24) is 0 Å². The van der Waals surface area contributed by atoms with Gasteiger partial charge in [-0.2, -0.15) is 0 Å². The van der Waals surface area contributed by atoms with Gasteiger partial charge in [0.15, 0.2) is 5.79 Å². The zero-order valence-corrected chi connectivity index (χ0v) is 9.65. The highest BCUT2D eigenvalue weighted by molar-refractivity contribution is 5.97. The minimum atomic E-state index is -1.34. The highest BCUT2D eigenvalue weighted by Gasteiger charge is 2.50. The highest BCUT2D eigenvalue weighted by atomic mass is 16.7. The average molecular weight is 232 g/mol. The number of carbonyl (C=O) groups is 2. The van der Waals surface area contributed by atoms with Crippen molar-refractivity contribution in [3.8, 4) is 0 Å². The molecule has 6 nitrogen and oxygen atoms in total. The molecule has 1 fully saturated rings. The fourth-order valence-electron chi connectivity index (χ4n) is 1.62. The van der Waals surface area contributed by atoms with Crippen LogP contribution in [0.5, 0.6) is 0 Å². The third kappa shape index (κ3) is 2.51. The first-order chi connectivity index (χ1) is 7.55. The highest BCUT2D eigenvalue weighted by Crippen LogP contribution is 2.28. The maximum atomic E-state index is 11.5. The van der Waals surface area contributed by atoms with E-state index in [1.807, 2.05) is 0 Å². The summed E-state index contributed by atoms with van der Waals surface area (Å²) < 4.78 is 20.0. The summed E-state index contributed by atoms with van der Waals surface area (Å²) in [7, 11) is 0. The summed E-state index contributed by atoms with van der Waals surface area (Å²) in [5.41, 5.74) is 0. The van der Waals surface area contributed by atoms with Crippen LogP contribution in [-0.2, 0) is 28.5 Å². The monoisotopic (exact) mass is 232 g/mol. The first-order valence-electron chi connectivity index (χ1n) is 5.16. The first kappa shape index (κ1) is 12.9. The van der Waals surface area contributed by atoms with Crippen molar-refractivity contribution in [2.45, 2.75) is 26.6 Å². The Hall–Kier alpha value is -1.14. The van der Waals surface area contributed by atoms with Gasteiger partial charge in [-0.3, -0.25) is 9.59 Å². The lowest BCUT2D eigenvalue weighted by Gasteiger charge is -2.35. The number of carbonyl (C=O) groups excluding carboxylic acids is 2. The molecule has 16 heavy (non-hydrogen) atoms. The number of esters is 2. The predicted octanol–water partition coefficient (Wildman–Crippen LogP) is 0.449. The van der Waals surface area contributed by atoms with E-state index in [0.717, 1.165) is 0 Å². The van der Waals surface area contributed by atoms with Crippen molar-refractivity contribution >= 4 is 11.9 Å². The van der Waals surface area contributed by atoms with Crippen molar-refractivity contribution in [3.63, 3.8) is 0 Å². The second-order valence-electron chi connectivity index (χ2n) is 3.36. The van der Waals surface area contributed by atoms with Crippen LogP contribution < -0.4 is 0 Å². The van der Waals surface area contributed by atoms with Gasteiger partial charge < -0.3 is 18.9 Å². The van der Waals surface area contributed by atoms with Crippen molar-refractivity contribution in [2.75, 3.05) is 20.0 Å². The van der Waals surface area contributed by atoms with Crippen molar-refractivity contribution in [1.29, 1.82) is 0 Å². The van der Waals surface area contributed by atoms with Gasteiger partial charge in [0.2, 0.25) is 12.7 Å². The molecule has 0 radical (unpaired) electrons. The normalized spacial score (nSPS) is 18.2. The van der Waals surface area contributed by atoms with Gasteiger partial charge in [-0.1, -0.05) is 0 Å². The molecule has 1 aliphatic rings. The summed E-state index contributed by atoms with van der Waals surface area (Å²) in [6, 6.07) is 0. The summed E-state index contributed by atoms with van der Waals surface area (Å²) >= 11 is 0. The predicted molar refractivity (Wildman–Crippen MR) is 52.2 cm³/mol. The molecule has 0 unspecified atom stereocenters. The molecular weight excluding hydrogens is 216 g/mol. The van der Waals surface area contributed by atoms with E-state index in [2.05, 4.69) is 9.47 Å². The van der Waals surface area contributed by atoms with Crippen molar-refractivity contribution < 1.29 is 28.5 Å². The number of cyclic esters (lactones) is 2. The minimum absolute atomic E-state index is 0.313. The Morgan fingerprint density at radius 1 is 1.19 bits per heavy atom. The van der Waals surface area contributed by atoms with Gasteiger partial charge in [0.25, 0.3) is 0 Å². The van der Waals surface area contributed by atoms with E-state index in [9.17, 15) is 9.59 Å². The molecule has 0 aromatic heterocycles. The zero-order valence-electron chi connectivity index (χ0n) is 9.65. The second kappa shape index (κ2) is 5.27. The maximum absolute atomic E-state index is 11.5. The van der Waals surface area contributed by atoms with Crippen LogP contribution in [-0.4, -0.2) is 37.7 Å². The molecule has 1 heterocycles. The number of rotatable bonds is 5. The van der Waals surface area contributed by atoms with Crippen LogP contribution in [0.2, 0.25) is 0 Å². The molecule has 6 heteroatoms. The van der Waals surface area contributed by atoms with E-state index in [4.69, 9.17) is 9.47 Å². The molecule has 0 aromatic rings. The number of hydrogen-bond acceptors (Lipinski definition) is 6. The Kier molecular flexibility index (Phi) is 4.26. The third-order valence-corrected chi connectivity index (χ3v) is 2.26. The van der Waals surface area contributed by atoms with Gasteiger partial charge >= 0.3 is 11.9 Å². The van der Waals surface area contributed by atoms with Gasteiger partial charge in [-0.25, -0.2) is 0 Å². The number of hydrogen-bond donors (Lipinski definition) is 0. The standard InChI is InChI=1S/C10H16O6/c1-4-15-10(3,16-5-2)7-8(11)13-6-14-9(7)12/h7H,4-6H2,1-3H3. The Balaban J connectivity index is 2.90. The molecule has 1 rings (SSSR count). The molecule has 92 valence electrons. The number of ether oxygens (including phenoxy) is 4. The lowest BCUT2D eigenvalue weighted by molar-refractivity contribution is -0.266. The average Bonchev–Trinajstić information content (AvgIpc) is 2.17. The Labute approximate surface area is 93.8 Å². The van der Waals surface area contributed by atoms with Crippen LogP contribution in [0.25, 0.3) is 0 Å². The SMILES string of the molecule is CCOC(C)(OCC)C1C(=O)OCOC1=O. The van der Waals surface area contributed by atoms with E-state index < -0.39 is 23.6 Å². The van der Waals surface area contributed by atoms with E-state index >= 15 is 0 Å². The Morgan fingerprint density at radius 3 is 2.00 bits per heavy atom. The van der Waals surface area contributed by atoms with Crippen LogP contribution in [0.3, 0.4) is 0 Å². The molecule has 0 atom stereocenters. The fourth-order valence-corrected chi connectivity index (χ4v) is 1.62. The third-order valence-electron chi connectivity index (χ3n) is 2.26. The summed E-state index contributed by atoms with van der Waals surface area (Å²) in [5, 5.41) is 0. The van der Waals surface area contributed by atoms with Crippen LogP contribution >= 0.6 is 0 Å². The molecule has 0 amide bonds. The molecule has 0 saturated carbocycles. The van der Waals surface area contributed by atoms with Gasteiger partial charge in [-0.15, -0.1) is 0 Å². The van der Waals surface area contributed by atoms with E-state index in [1.165, 1.54) is 6.92 Å². The van der Waals surface area contributed by atoms with Gasteiger partial charge in [-0.05, 0) is 20.8 Å². The second-order valence-corrected chi connectivity index (χ2v) is 3.36. The Morgan fingerprint density at radius 2 is 1.62 bits per heavy atom. The van der Waals surface area contributed by atoms with Gasteiger partial charge in [0.05, 0.1) is 0 Å². The largest absolute Gasteiger partial charge is 0.427 e. The topological polar surface area (TPSA) is 71.1 Å². The van der Waals surface area contributed by atoms with E-state index in [-0.39, 0.29) is 6.79 Å². The van der Waals surface area contributed by atoms with E-state index in [0.29, 0.717) is 13.2 Å². The molecule has 1 aliphatic heterocycles. The van der Waals surface area contributed by atoms with Crippen LogP contribution in [0.4, 0.5) is 0 Å². The van der Waals surface area contributed by atoms with Gasteiger partial charge in [0, 0.05) is 13.2 Å². The van der Waals surface area contributed by atoms with Crippen LogP contribution in [0, 0.1) is 5.92 Å². The summed E-state index contributed by atoms with van der Waals surface area (Å²) in [6.45, 7) is 5.30.